The molecule has 0 amide bonds. The SMILES string of the molecule is O=C(O)CCc1ccc2c(c1)c(CCc1ccccn1)cn2-c1cccc(OCc2ccccc2)c1. The van der Waals surface area contributed by atoms with Crippen molar-refractivity contribution < 1.29 is 14.6 Å². The van der Waals surface area contributed by atoms with Crippen molar-refractivity contribution in [1.82, 2.24) is 9.55 Å². The lowest BCUT2D eigenvalue weighted by Gasteiger charge is -2.10. The summed E-state index contributed by atoms with van der Waals surface area (Å²) < 4.78 is 8.27. The Morgan fingerprint density at radius 3 is 2.50 bits per heavy atom. The second-order valence-electron chi connectivity index (χ2n) is 8.86. The molecule has 2 heterocycles. The fourth-order valence-electron chi connectivity index (χ4n) is 4.44. The average Bonchev–Trinajstić information content (AvgIpc) is 3.29. The number of rotatable bonds is 10. The van der Waals surface area contributed by atoms with E-state index in [1.165, 1.54) is 5.56 Å². The zero-order valence-electron chi connectivity index (χ0n) is 20.0. The van der Waals surface area contributed by atoms with Crippen LogP contribution in [0.1, 0.15) is 28.8 Å². The third-order valence-corrected chi connectivity index (χ3v) is 6.30. The molecule has 5 rings (SSSR count). The smallest absolute Gasteiger partial charge is 0.303 e. The molecule has 36 heavy (non-hydrogen) atoms. The molecule has 0 aliphatic heterocycles. The minimum atomic E-state index is -0.782. The van der Waals surface area contributed by atoms with Crippen LogP contribution in [0.3, 0.4) is 0 Å². The molecular formula is C31H28N2O3. The maximum Gasteiger partial charge on any atom is 0.303 e. The molecule has 2 aromatic heterocycles. The summed E-state index contributed by atoms with van der Waals surface area (Å²) in [5.74, 6) is 0.0293. The van der Waals surface area contributed by atoms with Gasteiger partial charge in [-0.05, 0) is 72.4 Å². The average molecular weight is 477 g/mol. The molecular weight excluding hydrogens is 448 g/mol. The van der Waals surface area contributed by atoms with Gasteiger partial charge in [-0.25, -0.2) is 0 Å². The van der Waals surface area contributed by atoms with Gasteiger partial charge < -0.3 is 14.4 Å². The van der Waals surface area contributed by atoms with Gasteiger partial charge in [0, 0.05) is 41.6 Å². The fourth-order valence-corrected chi connectivity index (χ4v) is 4.44. The summed E-state index contributed by atoms with van der Waals surface area (Å²) in [7, 11) is 0. The quantitative estimate of drug-likeness (QED) is 0.253. The van der Waals surface area contributed by atoms with Gasteiger partial charge in [-0.15, -0.1) is 0 Å². The molecule has 3 aromatic carbocycles. The highest BCUT2D eigenvalue weighted by Gasteiger charge is 2.13. The number of nitrogens with zero attached hydrogens (tertiary/aromatic N) is 2. The summed E-state index contributed by atoms with van der Waals surface area (Å²) in [4.78, 5) is 15.6. The van der Waals surface area contributed by atoms with Crippen LogP contribution in [0.25, 0.3) is 16.6 Å². The van der Waals surface area contributed by atoms with Gasteiger partial charge >= 0.3 is 5.97 Å². The molecule has 0 bridgehead atoms. The van der Waals surface area contributed by atoms with Crippen LogP contribution in [-0.4, -0.2) is 20.6 Å². The lowest BCUT2D eigenvalue weighted by atomic mass is 10.0. The van der Waals surface area contributed by atoms with Gasteiger partial charge in [0.05, 0.1) is 5.52 Å². The first-order chi connectivity index (χ1) is 17.7. The van der Waals surface area contributed by atoms with Crippen molar-refractivity contribution in [2.75, 3.05) is 0 Å². The molecule has 0 aliphatic carbocycles. The first-order valence-electron chi connectivity index (χ1n) is 12.2. The van der Waals surface area contributed by atoms with Gasteiger partial charge in [-0.3, -0.25) is 9.78 Å². The summed E-state index contributed by atoms with van der Waals surface area (Å²) in [6.45, 7) is 0.513. The Balaban J connectivity index is 1.46. The molecule has 0 spiro atoms. The monoisotopic (exact) mass is 476 g/mol. The van der Waals surface area contributed by atoms with E-state index in [9.17, 15) is 4.79 Å². The molecule has 0 saturated heterocycles. The first-order valence-corrected chi connectivity index (χ1v) is 12.2. The molecule has 0 atom stereocenters. The molecule has 1 N–H and O–H groups in total. The number of fused-ring (bicyclic) bond motifs is 1. The highest BCUT2D eigenvalue weighted by atomic mass is 16.5. The van der Waals surface area contributed by atoms with Crippen LogP contribution in [0.4, 0.5) is 0 Å². The van der Waals surface area contributed by atoms with Crippen molar-refractivity contribution in [3.8, 4) is 11.4 Å². The zero-order valence-corrected chi connectivity index (χ0v) is 20.0. The van der Waals surface area contributed by atoms with E-state index in [1.807, 2.05) is 60.8 Å². The standard InChI is InChI=1S/C31H28N2O3/c34-31(35)17-13-23-12-16-30-29(19-23)25(14-15-26-9-4-5-18-32-26)21-33(30)27-10-6-11-28(20-27)36-22-24-7-2-1-3-8-24/h1-12,16,18-21H,13-15,17,22H2,(H,34,35). The number of carboxylic acids is 1. The van der Waals surface area contributed by atoms with Gasteiger partial charge in [-0.1, -0.05) is 48.5 Å². The van der Waals surface area contributed by atoms with Crippen molar-refractivity contribution in [2.45, 2.75) is 32.3 Å². The number of ether oxygens (including phenoxy) is 1. The lowest BCUT2D eigenvalue weighted by Crippen LogP contribution is -1.98. The number of carboxylic acid groups (broad SMARTS) is 1. The summed E-state index contributed by atoms with van der Waals surface area (Å²) in [6.07, 6.45) is 6.32. The van der Waals surface area contributed by atoms with Crippen LogP contribution >= 0.6 is 0 Å². The van der Waals surface area contributed by atoms with E-state index in [1.54, 1.807) is 0 Å². The molecule has 0 saturated carbocycles. The number of pyridine rings is 1. The van der Waals surface area contributed by atoms with E-state index < -0.39 is 5.97 Å². The van der Waals surface area contributed by atoms with Crippen LogP contribution in [-0.2, 0) is 30.7 Å². The molecule has 5 heteroatoms. The van der Waals surface area contributed by atoms with Crippen molar-refractivity contribution in [2.24, 2.45) is 0 Å². The maximum atomic E-state index is 11.1. The van der Waals surface area contributed by atoms with Crippen LogP contribution in [0.2, 0.25) is 0 Å². The summed E-state index contributed by atoms with van der Waals surface area (Å²) in [5, 5.41) is 10.3. The normalized spacial score (nSPS) is 11.0. The van der Waals surface area contributed by atoms with Crippen molar-refractivity contribution in [1.29, 1.82) is 0 Å². The van der Waals surface area contributed by atoms with Crippen molar-refractivity contribution in [3.05, 3.63) is 126 Å². The Labute approximate surface area is 210 Å². The third kappa shape index (κ3) is 5.63. The van der Waals surface area contributed by atoms with Gasteiger partial charge in [0.15, 0.2) is 0 Å². The Hall–Kier alpha value is -4.38. The van der Waals surface area contributed by atoms with E-state index in [2.05, 4.69) is 52.1 Å². The van der Waals surface area contributed by atoms with Crippen molar-refractivity contribution in [3.63, 3.8) is 0 Å². The van der Waals surface area contributed by atoms with E-state index >= 15 is 0 Å². The second kappa shape index (κ2) is 10.9. The summed E-state index contributed by atoms with van der Waals surface area (Å²) in [5.41, 5.74) is 6.53. The number of hydrogen-bond donors (Lipinski definition) is 1. The summed E-state index contributed by atoms with van der Waals surface area (Å²) in [6, 6.07) is 30.5. The fraction of sp³-hybridized carbons (Fsp3) is 0.161. The minimum Gasteiger partial charge on any atom is -0.489 e. The van der Waals surface area contributed by atoms with Crippen LogP contribution < -0.4 is 4.74 Å². The lowest BCUT2D eigenvalue weighted by molar-refractivity contribution is -0.136. The number of aryl methyl sites for hydroxylation is 3. The maximum absolute atomic E-state index is 11.1. The Morgan fingerprint density at radius 2 is 1.69 bits per heavy atom. The summed E-state index contributed by atoms with van der Waals surface area (Å²) >= 11 is 0. The van der Waals surface area contributed by atoms with Gasteiger partial charge in [0.1, 0.15) is 12.4 Å². The number of aromatic nitrogens is 2. The molecule has 5 aromatic rings. The van der Waals surface area contributed by atoms with E-state index in [-0.39, 0.29) is 6.42 Å². The highest BCUT2D eigenvalue weighted by molar-refractivity contribution is 5.86. The van der Waals surface area contributed by atoms with Crippen LogP contribution in [0.15, 0.2) is 103 Å². The molecule has 0 radical (unpaired) electrons. The number of aliphatic carboxylic acids is 1. The zero-order chi connectivity index (χ0) is 24.7. The Bertz CT molecular complexity index is 1460. The molecule has 0 fully saturated rings. The first kappa shape index (κ1) is 23.4. The predicted molar refractivity (Wildman–Crippen MR) is 142 cm³/mol. The van der Waals surface area contributed by atoms with E-state index in [0.717, 1.165) is 52.0 Å². The number of carbonyl (C=O) groups is 1. The molecule has 180 valence electrons. The minimum absolute atomic E-state index is 0.121. The predicted octanol–water partition coefficient (Wildman–Crippen LogP) is 6.41. The molecule has 5 nitrogen and oxygen atoms in total. The number of hydrogen-bond acceptors (Lipinski definition) is 3. The van der Waals surface area contributed by atoms with Gasteiger partial charge in [0.25, 0.3) is 0 Å². The van der Waals surface area contributed by atoms with Gasteiger partial charge in [0.2, 0.25) is 0 Å². The van der Waals surface area contributed by atoms with Crippen LogP contribution in [0, 0.1) is 0 Å². The number of benzene rings is 3. The van der Waals surface area contributed by atoms with Crippen LogP contribution in [0.5, 0.6) is 5.75 Å². The van der Waals surface area contributed by atoms with E-state index in [4.69, 9.17) is 9.84 Å². The largest absolute Gasteiger partial charge is 0.489 e. The highest BCUT2D eigenvalue weighted by Crippen LogP contribution is 2.29. The van der Waals surface area contributed by atoms with E-state index in [0.29, 0.717) is 13.0 Å². The third-order valence-electron chi connectivity index (χ3n) is 6.30. The Kier molecular flexibility index (Phi) is 7.08. The second-order valence-corrected chi connectivity index (χ2v) is 8.86. The topological polar surface area (TPSA) is 64.3 Å². The molecule has 0 aliphatic rings. The molecule has 0 unspecified atom stereocenters. The Morgan fingerprint density at radius 1 is 0.833 bits per heavy atom. The van der Waals surface area contributed by atoms with Crippen molar-refractivity contribution >= 4 is 16.9 Å². The van der Waals surface area contributed by atoms with Gasteiger partial charge in [-0.2, -0.15) is 0 Å².